The van der Waals surface area contributed by atoms with Crippen LogP contribution < -0.4 is 4.90 Å². The van der Waals surface area contributed by atoms with Crippen LogP contribution in [0.4, 0.5) is 5.82 Å². The molecular formula is C23H34N4O3S. The molecule has 3 rings (SSSR count). The molecule has 1 aromatic carbocycles. The number of anilines is 1. The number of nitrogens with zero attached hydrogens (tertiary/aromatic N) is 4. The van der Waals surface area contributed by atoms with Crippen LogP contribution in [0, 0.1) is 6.92 Å². The topological polar surface area (TPSA) is 75.6 Å². The number of methoxy groups -OCH3 is 1. The van der Waals surface area contributed by atoms with E-state index in [9.17, 15) is 8.42 Å². The molecule has 31 heavy (non-hydrogen) atoms. The number of aryl methyl sites for hydroxylation is 1. The van der Waals surface area contributed by atoms with Crippen LogP contribution in [0.5, 0.6) is 0 Å². The molecule has 2 aromatic rings. The van der Waals surface area contributed by atoms with Gasteiger partial charge in [0.25, 0.3) is 0 Å². The van der Waals surface area contributed by atoms with E-state index in [1.165, 1.54) is 11.1 Å². The maximum atomic E-state index is 12.3. The lowest BCUT2D eigenvalue weighted by Gasteiger charge is -2.36. The van der Waals surface area contributed by atoms with Crippen LogP contribution in [0.25, 0.3) is 0 Å². The first kappa shape index (κ1) is 23.6. The monoisotopic (exact) mass is 446 g/mol. The van der Waals surface area contributed by atoms with Crippen molar-refractivity contribution < 1.29 is 13.2 Å². The lowest BCUT2D eigenvalue weighted by atomic mass is 10.0. The van der Waals surface area contributed by atoms with Crippen molar-refractivity contribution in [2.45, 2.75) is 46.6 Å². The normalized spacial score (nSPS) is 15.6. The second kappa shape index (κ2) is 10.1. The zero-order chi connectivity index (χ0) is 22.6. The van der Waals surface area contributed by atoms with Gasteiger partial charge in [-0.1, -0.05) is 43.7 Å². The van der Waals surface area contributed by atoms with E-state index in [2.05, 4.69) is 49.9 Å². The molecule has 7 nitrogen and oxygen atoms in total. The van der Waals surface area contributed by atoms with E-state index in [0.717, 1.165) is 22.9 Å². The van der Waals surface area contributed by atoms with Crippen LogP contribution >= 0.6 is 0 Å². The average molecular weight is 447 g/mol. The molecule has 1 aliphatic rings. The first-order valence-corrected chi connectivity index (χ1v) is 12.5. The summed E-state index contributed by atoms with van der Waals surface area (Å²) in [5.41, 5.74) is 4.38. The minimum atomic E-state index is -3.17. The molecule has 1 fully saturated rings. The number of sulfonamides is 1. The molecule has 0 saturated carbocycles. The van der Waals surface area contributed by atoms with Gasteiger partial charge in [-0.15, -0.1) is 0 Å². The Hall–Kier alpha value is -2.03. The second-order valence-electron chi connectivity index (χ2n) is 8.37. The molecule has 0 unspecified atom stereocenters. The number of aromatic nitrogens is 2. The predicted molar refractivity (Wildman–Crippen MR) is 124 cm³/mol. The van der Waals surface area contributed by atoms with Gasteiger partial charge in [-0.3, -0.25) is 0 Å². The number of hydrogen-bond donors (Lipinski definition) is 0. The Morgan fingerprint density at radius 1 is 1.13 bits per heavy atom. The van der Waals surface area contributed by atoms with Gasteiger partial charge in [0, 0.05) is 51.2 Å². The van der Waals surface area contributed by atoms with Gasteiger partial charge in [-0.25, -0.2) is 18.4 Å². The summed E-state index contributed by atoms with van der Waals surface area (Å²) >= 11 is 0. The Morgan fingerprint density at radius 3 is 2.42 bits per heavy atom. The number of benzene rings is 1. The predicted octanol–water partition coefficient (Wildman–Crippen LogP) is 3.12. The lowest BCUT2D eigenvalue weighted by molar-refractivity contribution is 0.180. The first-order chi connectivity index (χ1) is 14.7. The average Bonchev–Trinajstić information content (AvgIpc) is 2.75. The Kier molecular flexibility index (Phi) is 7.67. The molecule has 0 amide bonds. The summed E-state index contributed by atoms with van der Waals surface area (Å²) in [6.45, 7) is 10.5. The Labute approximate surface area is 186 Å². The van der Waals surface area contributed by atoms with E-state index in [1.807, 2.05) is 0 Å². The van der Waals surface area contributed by atoms with Gasteiger partial charge < -0.3 is 9.64 Å². The minimum absolute atomic E-state index is 0.134. The fraction of sp³-hybridized carbons (Fsp3) is 0.565. The van der Waals surface area contributed by atoms with Crippen molar-refractivity contribution in [1.82, 2.24) is 14.3 Å². The summed E-state index contributed by atoms with van der Waals surface area (Å²) in [4.78, 5) is 12.0. The van der Waals surface area contributed by atoms with Crippen molar-refractivity contribution in [3.05, 3.63) is 52.5 Å². The van der Waals surface area contributed by atoms with Crippen molar-refractivity contribution in [2.24, 2.45) is 0 Å². The molecule has 0 atom stereocenters. The molecule has 0 radical (unpaired) electrons. The van der Waals surface area contributed by atoms with Crippen LogP contribution in [0.3, 0.4) is 0 Å². The standard InChI is InChI=1S/C23H34N4O3S/c1-6-31(28,29)27-12-10-26(11-13-27)23-20(15-19-9-7-8-18(4)14-19)21(16-30-5)24-22(25-23)17(2)3/h7-9,14,17H,6,10-13,15-16H2,1-5H3. The van der Waals surface area contributed by atoms with Gasteiger partial charge in [-0.2, -0.15) is 4.31 Å². The third-order valence-corrected chi connectivity index (χ3v) is 7.53. The van der Waals surface area contributed by atoms with Gasteiger partial charge in [0.2, 0.25) is 10.0 Å². The molecule has 0 spiro atoms. The molecular weight excluding hydrogens is 412 g/mol. The zero-order valence-electron chi connectivity index (χ0n) is 19.3. The number of ether oxygens (including phenoxy) is 1. The molecule has 2 heterocycles. The van der Waals surface area contributed by atoms with Crippen molar-refractivity contribution in [2.75, 3.05) is 43.9 Å². The van der Waals surface area contributed by atoms with Crippen molar-refractivity contribution in [1.29, 1.82) is 0 Å². The highest BCUT2D eigenvalue weighted by atomic mass is 32.2. The van der Waals surface area contributed by atoms with Crippen molar-refractivity contribution in [3.8, 4) is 0 Å². The second-order valence-corrected chi connectivity index (χ2v) is 10.6. The molecule has 1 saturated heterocycles. The van der Waals surface area contributed by atoms with E-state index in [0.29, 0.717) is 39.2 Å². The fourth-order valence-electron chi connectivity index (χ4n) is 3.88. The lowest BCUT2D eigenvalue weighted by Crippen LogP contribution is -2.49. The smallest absolute Gasteiger partial charge is 0.213 e. The largest absolute Gasteiger partial charge is 0.378 e. The number of piperazine rings is 1. The van der Waals surface area contributed by atoms with Crippen LogP contribution in [0.15, 0.2) is 24.3 Å². The SMILES string of the molecule is CCS(=O)(=O)N1CCN(c2nc(C(C)C)nc(COC)c2Cc2cccc(C)c2)CC1. The minimum Gasteiger partial charge on any atom is -0.378 e. The van der Waals surface area contributed by atoms with Crippen LogP contribution in [0.1, 0.15) is 54.9 Å². The highest BCUT2D eigenvalue weighted by Crippen LogP contribution is 2.28. The molecule has 0 N–H and O–H groups in total. The van der Waals surface area contributed by atoms with Gasteiger partial charge >= 0.3 is 0 Å². The summed E-state index contributed by atoms with van der Waals surface area (Å²) in [6, 6.07) is 8.46. The molecule has 8 heteroatoms. The maximum Gasteiger partial charge on any atom is 0.213 e. The molecule has 1 aliphatic heterocycles. The summed E-state index contributed by atoms with van der Waals surface area (Å²) < 4.78 is 31.6. The van der Waals surface area contributed by atoms with Crippen LogP contribution in [-0.2, 0) is 27.8 Å². The zero-order valence-corrected chi connectivity index (χ0v) is 20.1. The van der Waals surface area contributed by atoms with Crippen molar-refractivity contribution >= 4 is 15.8 Å². The summed E-state index contributed by atoms with van der Waals surface area (Å²) in [7, 11) is -1.49. The quantitative estimate of drug-likeness (QED) is 0.620. The highest BCUT2D eigenvalue weighted by Gasteiger charge is 2.28. The van der Waals surface area contributed by atoms with Gasteiger partial charge in [0.15, 0.2) is 0 Å². The van der Waals surface area contributed by atoms with Crippen molar-refractivity contribution in [3.63, 3.8) is 0 Å². The van der Waals surface area contributed by atoms with E-state index in [-0.39, 0.29) is 11.7 Å². The Balaban J connectivity index is 2.00. The third-order valence-electron chi connectivity index (χ3n) is 5.65. The summed E-state index contributed by atoms with van der Waals surface area (Å²) in [5.74, 6) is 2.01. The molecule has 0 aliphatic carbocycles. The molecule has 170 valence electrons. The van der Waals surface area contributed by atoms with Gasteiger partial charge in [0.05, 0.1) is 18.1 Å². The number of hydrogen-bond acceptors (Lipinski definition) is 6. The summed E-state index contributed by atoms with van der Waals surface area (Å²) in [6.07, 6.45) is 0.710. The van der Waals surface area contributed by atoms with Crippen LogP contribution in [-0.4, -0.2) is 61.7 Å². The Morgan fingerprint density at radius 2 is 1.84 bits per heavy atom. The highest BCUT2D eigenvalue weighted by molar-refractivity contribution is 7.89. The van der Waals surface area contributed by atoms with E-state index >= 15 is 0 Å². The Bertz CT molecular complexity index is 1000. The van der Waals surface area contributed by atoms with E-state index in [4.69, 9.17) is 14.7 Å². The number of rotatable bonds is 8. The fourth-order valence-corrected chi connectivity index (χ4v) is 4.96. The molecule has 0 bridgehead atoms. The first-order valence-electron chi connectivity index (χ1n) is 10.9. The van der Waals surface area contributed by atoms with Gasteiger partial charge in [-0.05, 0) is 19.4 Å². The maximum absolute atomic E-state index is 12.3. The van der Waals surface area contributed by atoms with Crippen LogP contribution in [0.2, 0.25) is 0 Å². The van der Waals surface area contributed by atoms with Gasteiger partial charge in [0.1, 0.15) is 11.6 Å². The third kappa shape index (κ3) is 5.61. The molecule has 1 aromatic heterocycles. The van der Waals surface area contributed by atoms with E-state index < -0.39 is 10.0 Å². The summed E-state index contributed by atoms with van der Waals surface area (Å²) in [5, 5.41) is 0. The van der Waals surface area contributed by atoms with E-state index in [1.54, 1.807) is 18.3 Å².